The summed E-state index contributed by atoms with van der Waals surface area (Å²) in [5.41, 5.74) is 10.0. The lowest BCUT2D eigenvalue weighted by Gasteiger charge is -2.33. The molecule has 2 aromatic rings. The fourth-order valence-corrected chi connectivity index (χ4v) is 4.04. The highest BCUT2D eigenvalue weighted by Crippen LogP contribution is 2.40. The Hall–Kier alpha value is -2.60. The van der Waals surface area contributed by atoms with Gasteiger partial charge in [0.25, 0.3) is 0 Å². The van der Waals surface area contributed by atoms with Crippen LogP contribution >= 0.6 is 0 Å². The smallest absolute Gasteiger partial charge is 0.0215 e. The van der Waals surface area contributed by atoms with Crippen LogP contribution in [0.25, 0.3) is 5.57 Å². The Kier molecular flexibility index (Phi) is 7.02. The molecule has 0 heteroatoms. The van der Waals surface area contributed by atoms with Gasteiger partial charge < -0.3 is 0 Å². The molecule has 0 heterocycles. The molecule has 146 valence electrons. The van der Waals surface area contributed by atoms with Gasteiger partial charge in [-0.25, -0.2) is 0 Å². The van der Waals surface area contributed by atoms with Gasteiger partial charge in [0.05, 0.1) is 0 Å². The van der Waals surface area contributed by atoms with Crippen molar-refractivity contribution in [3.63, 3.8) is 0 Å². The van der Waals surface area contributed by atoms with Crippen molar-refractivity contribution in [3.05, 3.63) is 113 Å². The lowest BCUT2D eigenvalue weighted by molar-refractivity contribution is 0.568. The second-order valence-electron chi connectivity index (χ2n) is 8.17. The first-order valence-corrected chi connectivity index (χ1v) is 10.0. The normalized spacial score (nSPS) is 14.1. The Morgan fingerprint density at radius 3 is 2.18 bits per heavy atom. The Labute approximate surface area is 172 Å². The van der Waals surface area contributed by atoms with E-state index in [-0.39, 0.29) is 5.41 Å². The summed E-state index contributed by atoms with van der Waals surface area (Å²) in [6.07, 6.45) is 9.20. The average Bonchev–Trinajstić information content (AvgIpc) is 2.61. The zero-order chi connectivity index (χ0) is 20.9. The zero-order valence-electron chi connectivity index (χ0n) is 18.4. The Bertz CT molecular complexity index is 916. The van der Waals surface area contributed by atoms with Gasteiger partial charge in [0, 0.05) is 5.41 Å². The summed E-state index contributed by atoms with van der Waals surface area (Å²) in [4.78, 5) is 0. The molecule has 0 saturated heterocycles. The van der Waals surface area contributed by atoms with Crippen LogP contribution in [-0.2, 0) is 5.41 Å². The number of allylic oxidation sites excluding steroid dienone is 6. The van der Waals surface area contributed by atoms with Crippen LogP contribution in [0.1, 0.15) is 60.6 Å². The fraction of sp³-hybridized carbons (Fsp3) is 0.286. The first-order chi connectivity index (χ1) is 13.2. The van der Waals surface area contributed by atoms with E-state index >= 15 is 0 Å². The van der Waals surface area contributed by atoms with Crippen molar-refractivity contribution in [2.75, 3.05) is 0 Å². The molecule has 0 saturated carbocycles. The standard InChI is InChI=1S/C28H34/c1-9-11-24(12-10-2)19-28(8,26-16-21(5)15-22(6)17-26)25-14-13-23(7)27(18-25)20(3)4/h9-18H,1,3,19H2,2,4-8H3/b12-10-,24-11+. The van der Waals surface area contributed by atoms with E-state index in [4.69, 9.17) is 0 Å². The van der Waals surface area contributed by atoms with Crippen LogP contribution in [0.15, 0.2) is 79.4 Å². The second kappa shape index (κ2) is 9.06. The molecule has 2 rings (SSSR count). The average molecular weight is 371 g/mol. The predicted octanol–water partition coefficient (Wildman–Crippen LogP) is 8.03. The highest BCUT2D eigenvalue weighted by atomic mass is 14.3. The molecule has 0 bridgehead atoms. The lowest BCUT2D eigenvalue weighted by Crippen LogP contribution is -2.25. The van der Waals surface area contributed by atoms with Gasteiger partial charge in [0.1, 0.15) is 0 Å². The van der Waals surface area contributed by atoms with Crippen molar-refractivity contribution < 1.29 is 0 Å². The number of aryl methyl sites for hydroxylation is 3. The second-order valence-corrected chi connectivity index (χ2v) is 8.17. The molecule has 0 amide bonds. The molecule has 0 aliphatic rings. The van der Waals surface area contributed by atoms with E-state index in [9.17, 15) is 0 Å². The van der Waals surface area contributed by atoms with Gasteiger partial charge in [-0.15, -0.1) is 0 Å². The number of hydrogen-bond donors (Lipinski definition) is 0. The molecule has 0 aliphatic carbocycles. The van der Waals surface area contributed by atoms with Crippen molar-refractivity contribution >= 4 is 5.57 Å². The largest absolute Gasteiger partial charge is 0.0991 e. The quantitative estimate of drug-likeness (QED) is 0.433. The Morgan fingerprint density at radius 2 is 1.64 bits per heavy atom. The minimum absolute atomic E-state index is 0.150. The maximum Gasteiger partial charge on any atom is 0.0215 e. The summed E-state index contributed by atoms with van der Waals surface area (Å²) in [7, 11) is 0. The van der Waals surface area contributed by atoms with Gasteiger partial charge in [-0.2, -0.15) is 0 Å². The molecule has 0 nitrogen and oxygen atoms in total. The first kappa shape index (κ1) is 21.7. The molecule has 0 radical (unpaired) electrons. The first-order valence-electron chi connectivity index (χ1n) is 10.0. The van der Waals surface area contributed by atoms with Gasteiger partial charge in [0.15, 0.2) is 0 Å². The van der Waals surface area contributed by atoms with Crippen LogP contribution in [-0.4, -0.2) is 0 Å². The van der Waals surface area contributed by atoms with Gasteiger partial charge >= 0.3 is 0 Å². The van der Waals surface area contributed by atoms with E-state index in [1.54, 1.807) is 0 Å². The Morgan fingerprint density at radius 1 is 1.00 bits per heavy atom. The summed E-state index contributed by atoms with van der Waals surface area (Å²) < 4.78 is 0. The number of hydrogen-bond acceptors (Lipinski definition) is 0. The van der Waals surface area contributed by atoms with Gasteiger partial charge in [-0.3, -0.25) is 0 Å². The Balaban J connectivity index is 2.75. The van der Waals surface area contributed by atoms with Crippen LogP contribution in [0.4, 0.5) is 0 Å². The third-order valence-electron chi connectivity index (χ3n) is 5.46. The highest BCUT2D eigenvalue weighted by molar-refractivity contribution is 5.66. The van der Waals surface area contributed by atoms with Gasteiger partial charge in [-0.05, 0) is 68.9 Å². The van der Waals surface area contributed by atoms with Crippen LogP contribution in [0, 0.1) is 20.8 Å². The zero-order valence-corrected chi connectivity index (χ0v) is 18.4. The maximum absolute atomic E-state index is 4.19. The fourth-order valence-electron chi connectivity index (χ4n) is 4.04. The third-order valence-corrected chi connectivity index (χ3v) is 5.46. The molecular formula is C28H34. The topological polar surface area (TPSA) is 0 Å². The van der Waals surface area contributed by atoms with E-state index < -0.39 is 0 Å². The SMILES string of the molecule is C=C/C=C(\C=C/C)CC(C)(c1cc(C)cc(C)c1)c1ccc(C)c(C(=C)C)c1. The van der Waals surface area contributed by atoms with Crippen LogP contribution in [0.3, 0.4) is 0 Å². The monoisotopic (exact) mass is 370 g/mol. The van der Waals surface area contributed by atoms with E-state index in [2.05, 4.69) is 109 Å². The summed E-state index contributed by atoms with van der Waals surface area (Å²) in [6, 6.07) is 13.7. The van der Waals surface area contributed by atoms with Gasteiger partial charge in [0.2, 0.25) is 0 Å². The molecule has 28 heavy (non-hydrogen) atoms. The minimum atomic E-state index is -0.150. The summed E-state index contributed by atoms with van der Waals surface area (Å²) in [5, 5.41) is 0. The number of rotatable bonds is 7. The highest BCUT2D eigenvalue weighted by Gasteiger charge is 2.30. The van der Waals surface area contributed by atoms with E-state index in [1.165, 1.54) is 39.0 Å². The molecule has 0 fully saturated rings. The van der Waals surface area contributed by atoms with Crippen molar-refractivity contribution in [1.29, 1.82) is 0 Å². The summed E-state index contributed by atoms with van der Waals surface area (Å²) >= 11 is 0. The van der Waals surface area contributed by atoms with Crippen molar-refractivity contribution in [2.45, 2.75) is 53.4 Å². The van der Waals surface area contributed by atoms with Crippen LogP contribution in [0.2, 0.25) is 0 Å². The molecule has 0 N–H and O–H groups in total. The number of benzene rings is 2. The van der Waals surface area contributed by atoms with Crippen LogP contribution < -0.4 is 0 Å². The molecule has 0 aliphatic heterocycles. The molecule has 1 unspecified atom stereocenters. The maximum atomic E-state index is 4.19. The lowest BCUT2D eigenvalue weighted by atomic mass is 9.70. The molecule has 1 atom stereocenters. The van der Waals surface area contributed by atoms with Gasteiger partial charge in [-0.1, -0.05) is 97.5 Å². The van der Waals surface area contributed by atoms with Crippen LogP contribution in [0.5, 0.6) is 0 Å². The van der Waals surface area contributed by atoms with Crippen molar-refractivity contribution in [2.24, 2.45) is 0 Å². The van der Waals surface area contributed by atoms with Crippen molar-refractivity contribution in [1.82, 2.24) is 0 Å². The van der Waals surface area contributed by atoms with E-state index in [1.807, 2.05) is 6.08 Å². The summed E-state index contributed by atoms with van der Waals surface area (Å²) in [6.45, 7) is 21.1. The third kappa shape index (κ3) is 4.81. The molecule has 0 spiro atoms. The molecular weight excluding hydrogens is 336 g/mol. The summed E-state index contributed by atoms with van der Waals surface area (Å²) in [5.74, 6) is 0. The minimum Gasteiger partial charge on any atom is -0.0991 e. The van der Waals surface area contributed by atoms with Crippen molar-refractivity contribution in [3.8, 4) is 0 Å². The molecule has 2 aromatic carbocycles. The predicted molar refractivity (Wildman–Crippen MR) is 126 cm³/mol. The molecule has 0 aromatic heterocycles. The van der Waals surface area contributed by atoms with E-state index in [0.29, 0.717) is 0 Å². The van der Waals surface area contributed by atoms with E-state index in [0.717, 1.165) is 12.0 Å².